The molecular formula is C22H31N3. The first-order valence-electron chi connectivity index (χ1n) is 9.65. The van der Waals surface area contributed by atoms with E-state index >= 15 is 0 Å². The van der Waals surface area contributed by atoms with Crippen LogP contribution >= 0.6 is 0 Å². The van der Waals surface area contributed by atoms with Crippen LogP contribution < -0.4 is 15.5 Å². The Morgan fingerprint density at radius 2 is 1.48 bits per heavy atom. The van der Waals surface area contributed by atoms with E-state index in [0.717, 1.165) is 26.2 Å². The van der Waals surface area contributed by atoms with E-state index in [1.165, 1.54) is 42.5 Å². The van der Waals surface area contributed by atoms with Gasteiger partial charge in [-0.3, -0.25) is 0 Å². The van der Waals surface area contributed by atoms with Crippen LogP contribution in [0.4, 0.5) is 5.69 Å². The number of unbranched alkanes of at least 4 members (excludes halogenated alkanes) is 1. The van der Waals surface area contributed by atoms with Gasteiger partial charge in [0, 0.05) is 24.8 Å². The van der Waals surface area contributed by atoms with Crippen LogP contribution in [0.2, 0.25) is 0 Å². The Morgan fingerprint density at radius 1 is 0.840 bits per heavy atom. The Labute approximate surface area is 152 Å². The van der Waals surface area contributed by atoms with Crippen LogP contribution in [0.25, 0.3) is 11.1 Å². The maximum absolute atomic E-state index is 3.73. The molecule has 2 N–H and O–H groups in total. The molecule has 0 spiro atoms. The minimum absolute atomic E-state index is 0.689. The highest BCUT2D eigenvalue weighted by Gasteiger charge is 2.18. The number of piperidine rings is 1. The van der Waals surface area contributed by atoms with E-state index in [0.29, 0.717) is 6.04 Å². The minimum Gasteiger partial charge on any atom is -0.371 e. The first kappa shape index (κ1) is 18.0. The molecular weight excluding hydrogens is 306 g/mol. The fourth-order valence-corrected chi connectivity index (χ4v) is 3.57. The van der Waals surface area contributed by atoms with Crippen molar-refractivity contribution in [3.05, 3.63) is 54.6 Å². The number of benzene rings is 2. The van der Waals surface area contributed by atoms with Gasteiger partial charge in [-0.25, -0.2) is 0 Å². The molecule has 2 aromatic rings. The van der Waals surface area contributed by atoms with Gasteiger partial charge in [0.2, 0.25) is 0 Å². The summed E-state index contributed by atoms with van der Waals surface area (Å²) in [7, 11) is 2.02. The van der Waals surface area contributed by atoms with Crippen LogP contribution in [0.3, 0.4) is 0 Å². The van der Waals surface area contributed by atoms with Gasteiger partial charge in [0.15, 0.2) is 0 Å². The van der Waals surface area contributed by atoms with E-state index in [9.17, 15) is 0 Å². The molecule has 1 aliphatic heterocycles. The summed E-state index contributed by atoms with van der Waals surface area (Å²) in [5.74, 6) is 0. The largest absolute Gasteiger partial charge is 0.371 e. The standard InChI is InChI=1S/C22H31N3/c1-23-15-5-6-16-24-21-13-17-25(18-14-21)22-11-9-20(10-12-22)19-7-3-2-4-8-19/h2-4,7-12,21,23-24H,5-6,13-18H2,1H3. The molecule has 2 aromatic carbocycles. The molecule has 1 fully saturated rings. The van der Waals surface area contributed by atoms with E-state index in [4.69, 9.17) is 0 Å². The van der Waals surface area contributed by atoms with Crippen LogP contribution in [0.15, 0.2) is 54.6 Å². The van der Waals surface area contributed by atoms with Crippen LogP contribution in [-0.2, 0) is 0 Å². The molecule has 25 heavy (non-hydrogen) atoms. The lowest BCUT2D eigenvalue weighted by atomic mass is 10.0. The summed E-state index contributed by atoms with van der Waals surface area (Å²) < 4.78 is 0. The number of rotatable bonds is 8. The van der Waals surface area contributed by atoms with E-state index in [1.54, 1.807) is 0 Å². The maximum Gasteiger partial charge on any atom is 0.0366 e. The second-order valence-corrected chi connectivity index (χ2v) is 6.94. The number of anilines is 1. The van der Waals surface area contributed by atoms with E-state index in [-0.39, 0.29) is 0 Å². The molecule has 0 unspecified atom stereocenters. The van der Waals surface area contributed by atoms with Crippen LogP contribution in [0.5, 0.6) is 0 Å². The Morgan fingerprint density at radius 3 is 2.16 bits per heavy atom. The van der Waals surface area contributed by atoms with E-state index in [2.05, 4.69) is 70.1 Å². The fraction of sp³-hybridized carbons (Fsp3) is 0.455. The molecule has 1 heterocycles. The van der Waals surface area contributed by atoms with Crippen molar-refractivity contribution in [3.8, 4) is 11.1 Å². The molecule has 1 saturated heterocycles. The van der Waals surface area contributed by atoms with Gasteiger partial charge in [0.1, 0.15) is 0 Å². The topological polar surface area (TPSA) is 27.3 Å². The molecule has 1 aliphatic rings. The number of hydrogen-bond donors (Lipinski definition) is 2. The third kappa shape index (κ3) is 5.32. The van der Waals surface area contributed by atoms with E-state index < -0.39 is 0 Å². The number of hydrogen-bond acceptors (Lipinski definition) is 3. The summed E-state index contributed by atoms with van der Waals surface area (Å²) in [6.07, 6.45) is 5.01. The third-order valence-electron chi connectivity index (χ3n) is 5.12. The summed E-state index contributed by atoms with van der Waals surface area (Å²) in [6, 6.07) is 20.3. The Balaban J connectivity index is 1.45. The first-order valence-corrected chi connectivity index (χ1v) is 9.65. The number of nitrogens with one attached hydrogen (secondary N) is 2. The van der Waals surface area contributed by atoms with Crippen molar-refractivity contribution in [2.45, 2.75) is 31.7 Å². The molecule has 0 bridgehead atoms. The zero-order valence-electron chi connectivity index (χ0n) is 15.4. The summed E-state index contributed by atoms with van der Waals surface area (Å²) in [4.78, 5) is 2.52. The molecule has 134 valence electrons. The normalized spacial score (nSPS) is 15.5. The average Bonchev–Trinajstić information content (AvgIpc) is 2.69. The van der Waals surface area contributed by atoms with Gasteiger partial charge in [-0.15, -0.1) is 0 Å². The molecule has 0 aliphatic carbocycles. The van der Waals surface area contributed by atoms with Gasteiger partial charge < -0.3 is 15.5 Å². The van der Waals surface area contributed by atoms with Crippen molar-refractivity contribution in [2.24, 2.45) is 0 Å². The highest BCUT2D eigenvalue weighted by molar-refractivity contribution is 5.66. The van der Waals surface area contributed by atoms with Gasteiger partial charge in [-0.2, -0.15) is 0 Å². The Hall–Kier alpha value is -1.84. The van der Waals surface area contributed by atoms with Crippen molar-refractivity contribution in [2.75, 3.05) is 38.1 Å². The predicted molar refractivity (Wildman–Crippen MR) is 108 cm³/mol. The first-order chi connectivity index (χ1) is 12.4. The number of nitrogens with zero attached hydrogens (tertiary/aromatic N) is 1. The smallest absolute Gasteiger partial charge is 0.0366 e. The second kappa shape index (κ2) is 9.59. The van der Waals surface area contributed by atoms with Gasteiger partial charge >= 0.3 is 0 Å². The summed E-state index contributed by atoms with van der Waals surface area (Å²) >= 11 is 0. The monoisotopic (exact) mass is 337 g/mol. The van der Waals surface area contributed by atoms with Crippen molar-refractivity contribution in [1.82, 2.24) is 10.6 Å². The zero-order valence-corrected chi connectivity index (χ0v) is 15.4. The lowest BCUT2D eigenvalue weighted by molar-refractivity contribution is 0.410. The maximum atomic E-state index is 3.73. The van der Waals surface area contributed by atoms with Gasteiger partial charge in [-0.05, 0) is 69.1 Å². The highest BCUT2D eigenvalue weighted by Crippen LogP contribution is 2.25. The lowest BCUT2D eigenvalue weighted by Crippen LogP contribution is -2.42. The molecule has 0 amide bonds. The molecule has 0 saturated carbocycles. The van der Waals surface area contributed by atoms with Crippen LogP contribution in [0.1, 0.15) is 25.7 Å². The quantitative estimate of drug-likeness (QED) is 0.715. The van der Waals surface area contributed by atoms with Crippen molar-refractivity contribution in [1.29, 1.82) is 0 Å². The van der Waals surface area contributed by atoms with Crippen LogP contribution in [-0.4, -0.2) is 39.3 Å². The molecule has 0 aromatic heterocycles. The summed E-state index contributed by atoms with van der Waals surface area (Å²) in [5.41, 5.74) is 3.94. The highest BCUT2D eigenvalue weighted by atomic mass is 15.1. The Kier molecular flexibility index (Phi) is 6.89. The SMILES string of the molecule is CNCCCCNC1CCN(c2ccc(-c3ccccc3)cc2)CC1. The second-order valence-electron chi connectivity index (χ2n) is 6.94. The molecule has 3 heteroatoms. The van der Waals surface area contributed by atoms with Gasteiger partial charge in [0.25, 0.3) is 0 Å². The zero-order chi connectivity index (χ0) is 17.3. The lowest BCUT2D eigenvalue weighted by Gasteiger charge is -2.34. The average molecular weight is 338 g/mol. The van der Waals surface area contributed by atoms with Crippen molar-refractivity contribution in [3.63, 3.8) is 0 Å². The molecule has 3 rings (SSSR count). The summed E-state index contributed by atoms with van der Waals surface area (Å²) in [5, 5.41) is 6.94. The van der Waals surface area contributed by atoms with Gasteiger partial charge in [0.05, 0.1) is 0 Å². The molecule has 0 atom stereocenters. The van der Waals surface area contributed by atoms with Crippen molar-refractivity contribution >= 4 is 5.69 Å². The minimum atomic E-state index is 0.689. The third-order valence-corrected chi connectivity index (χ3v) is 5.12. The fourth-order valence-electron chi connectivity index (χ4n) is 3.57. The Bertz CT molecular complexity index is 601. The molecule has 3 nitrogen and oxygen atoms in total. The predicted octanol–water partition coefficient (Wildman–Crippen LogP) is 3.91. The van der Waals surface area contributed by atoms with Crippen molar-refractivity contribution < 1.29 is 0 Å². The molecule has 0 radical (unpaired) electrons. The van der Waals surface area contributed by atoms with E-state index in [1.807, 2.05) is 7.05 Å². The van der Waals surface area contributed by atoms with Gasteiger partial charge in [-0.1, -0.05) is 42.5 Å². The van der Waals surface area contributed by atoms with Crippen LogP contribution in [0, 0.1) is 0 Å². The summed E-state index contributed by atoms with van der Waals surface area (Å²) in [6.45, 7) is 4.58.